The van der Waals surface area contributed by atoms with Crippen molar-refractivity contribution < 1.29 is 0 Å². The highest BCUT2D eigenvalue weighted by Crippen LogP contribution is 2.49. The number of hydrogen-bond donors (Lipinski definition) is 1. The smallest absolute Gasteiger partial charge is 0.148 e. The molecule has 2 N–H and O–H groups in total. The largest absolute Gasteiger partial charge is 0.398 e. The zero-order valence-corrected chi connectivity index (χ0v) is 23.0. The molecule has 0 atom stereocenters. The molecule has 0 aliphatic carbocycles. The van der Waals surface area contributed by atoms with Crippen molar-refractivity contribution in [2.45, 2.75) is 0 Å². The van der Waals surface area contributed by atoms with Crippen molar-refractivity contribution >= 4 is 33.5 Å². The highest BCUT2D eigenvalue weighted by atomic mass is 15.2. The summed E-state index contributed by atoms with van der Waals surface area (Å²) in [5, 5.41) is 2.30. The molecule has 0 radical (unpaired) electrons. The molecule has 0 amide bonds. The van der Waals surface area contributed by atoms with E-state index in [4.69, 9.17) is 10.7 Å². The number of rotatable bonds is 6. The van der Waals surface area contributed by atoms with Gasteiger partial charge in [0.15, 0.2) is 0 Å². The van der Waals surface area contributed by atoms with Gasteiger partial charge in [-0.05, 0) is 69.1 Å². The third kappa shape index (κ3) is 4.55. The number of aromatic nitrogens is 2. The van der Waals surface area contributed by atoms with Gasteiger partial charge in [-0.1, -0.05) is 110 Å². The van der Waals surface area contributed by atoms with Crippen molar-refractivity contribution in [2.75, 3.05) is 4.90 Å². The SMILES string of the molecule is C=C(/C=C(\C=C(/N)c1ccccc1)c1ccccc1)N1c2ncncc2-c2cc(-c3ccccc3)cc3cccc1c23. The predicted octanol–water partition coefficient (Wildman–Crippen LogP) is 9.01. The first-order valence-electron chi connectivity index (χ1n) is 13.9. The van der Waals surface area contributed by atoms with Crippen LogP contribution in [0.3, 0.4) is 0 Å². The molecule has 42 heavy (non-hydrogen) atoms. The van der Waals surface area contributed by atoms with E-state index in [-0.39, 0.29) is 0 Å². The minimum Gasteiger partial charge on any atom is -0.398 e. The summed E-state index contributed by atoms with van der Waals surface area (Å²) in [6, 6.07) is 41.6. The zero-order valence-electron chi connectivity index (χ0n) is 23.0. The molecule has 1 aliphatic rings. The van der Waals surface area contributed by atoms with E-state index in [0.717, 1.165) is 61.4 Å². The maximum atomic E-state index is 6.61. The van der Waals surface area contributed by atoms with E-state index in [1.807, 2.05) is 66.9 Å². The first-order valence-corrected chi connectivity index (χ1v) is 13.9. The van der Waals surface area contributed by atoms with Gasteiger partial charge in [0.1, 0.15) is 12.1 Å². The highest BCUT2D eigenvalue weighted by molar-refractivity contribution is 6.13. The maximum Gasteiger partial charge on any atom is 0.148 e. The lowest BCUT2D eigenvalue weighted by molar-refractivity contribution is 1.09. The van der Waals surface area contributed by atoms with Gasteiger partial charge in [0, 0.05) is 28.5 Å². The first-order chi connectivity index (χ1) is 20.7. The number of hydrogen-bond acceptors (Lipinski definition) is 4. The van der Waals surface area contributed by atoms with E-state index in [2.05, 4.69) is 89.3 Å². The average molecular weight is 541 g/mol. The van der Waals surface area contributed by atoms with Gasteiger partial charge in [-0.25, -0.2) is 9.97 Å². The first kappa shape index (κ1) is 25.2. The van der Waals surface area contributed by atoms with Crippen molar-refractivity contribution in [3.63, 3.8) is 0 Å². The molecule has 200 valence electrons. The van der Waals surface area contributed by atoms with Crippen molar-refractivity contribution in [3.05, 3.63) is 169 Å². The molecule has 4 nitrogen and oxygen atoms in total. The van der Waals surface area contributed by atoms with Crippen LogP contribution in [0.2, 0.25) is 0 Å². The van der Waals surface area contributed by atoms with Crippen LogP contribution >= 0.6 is 0 Å². The molecule has 0 unspecified atom stereocenters. The third-order valence-electron chi connectivity index (χ3n) is 7.63. The number of fused-ring (bicyclic) bond motifs is 2. The molecular weight excluding hydrogens is 512 g/mol. The second kappa shape index (κ2) is 10.7. The fourth-order valence-electron chi connectivity index (χ4n) is 5.66. The second-order valence-electron chi connectivity index (χ2n) is 10.3. The zero-order chi connectivity index (χ0) is 28.5. The molecule has 0 saturated heterocycles. The summed E-state index contributed by atoms with van der Waals surface area (Å²) in [6.45, 7) is 4.57. The van der Waals surface area contributed by atoms with Crippen molar-refractivity contribution in [2.24, 2.45) is 5.73 Å². The van der Waals surface area contributed by atoms with E-state index >= 15 is 0 Å². The Bertz CT molecular complexity index is 1990. The molecule has 0 spiro atoms. The number of nitrogens with two attached hydrogens (primary N) is 1. The molecule has 7 rings (SSSR count). The Morgan fingerprint density at radius 3 is 2.12 bits per heavy atom. The molecule has 0 fully saturated rings. The molecular formula is C38H28N4. The molecule has 0 bridgehead atoms. The van der Waals surface area contributed by atoms with Crippen LogP contribution in [-0.4, -0.2) is 9.97 Å². The van der Waals surface area contributed by atoms with Crippen LogP contribution in [-0.2, 0) is 0 Å². The Hall–Kier alpha value is -5.74. The van der Waals surface area contributed by atoms with Crippen LogP contribution in [0, 0.1) is 0 Å². The summed E-state index contributed by atoms with van der Waals surface area (Å²) in [6.07, 6.45) is 7.60. The van der Waals surface area contributed by atoms with Crippen molar-refractivity contribution in [1.29, 1.82) is 0 Å². The number of anilines is 2. The van der Waals surface area contributed by atoms with Crippen LogP contribution in [0.4, 0.5) is 11.5 Å². The molecule has 4 heteroatoms. The molecule has 1 aromatic heterocycles. The minimum absolute atomic E-state index is 0.681. The van der Waals surface area contributed by atoms with Crippen LogP contribution in [0.15, 0.2) is 158 Å². The molecule has 2 heterocycles. The fourth-order valence-corrected chi connectivity index (χ4v) is 5.66. The Labute approximate surface area is 245 Å². The Morgan fingerprint density at radius 2 is 1.38 bits per heavy atom. The average Bonchev–Trinajstić information content (AvgIpc) is 3.05. The van der Waals surface area contributed by atoms with Crippen molar-refractivity contribution in [1.82, 2.24) is 9.97 Å². The van der Waals surface area contributed by atoms with Crippen LogP contribution in [0.1, 0.15) is 11.1 Å². The van der Waals surface area contributed by atoms with Gasteiger partial charge in [0.05, 0.1) is 5.69 Å². The standard InChI is InChI=1S/C38H28N4/c1-26(20-31(27-12-5-2-6-13-27)23-35(39)29-16-9-4-10-17-29)42-36-19-11-18-30-21-32(28-14-7-3-8-15-28)22-33(37(30)36)34-24-40-25-41-38(34)42/h2-25H,1,39H2/b31-20+,35-23-. The van der Waals surface area contributed by atoms with E-state index in [0.29, 0.717) is 5.70 Å². The molecule has 1 aliphatic heterocycles. The quantitative estimate of drug-likeness (QED) is 0.214. The fraction of sp³-hybridized carbons (Fsp3) is 0. The lowest BCUT2D eigenvalue weighted by Crippen LogP contribution is -2.20. The minimum atomic E-state index is 0.681. The second-order valence-corrected chi connectivity index (χ2v) is 10.3. The van der Waals surface area contributed by atoms with Crippen molar-refractivity contribution in [3.8, 4) is 22.3 Å². The highest BCUT2D eigenvalue weighted by Gasteiger charge is 2.28. The van der Waals surface area contributed by atoms with Gasteiger partial charge >= 0.3 is 0 Å². The summed E-state index contributed by atoms with van der Waals surface area (Å²) >= 11 is 0. The number of allylic oxidation sites excluding steroid dienone is 3. The maximum absolute atomic E-state index is 6.61. The predicted molar refractivity (Wildman–Crippen MR) is 175 cm³/mol. The monoisotopic (exact) mass is 540 g/mol. The van der Waals surface area contributed by atoms with E-state index in [1.54, 1.807) is 6.33 Å². The summed E-state index contributed by atoms with van der Waals surface area (Å²) in [5.74, 6) is 0.795. The Balaban J connectivity index is 1.40. The third-order valence-corrected chi connectivity index (χ3v) is 7.63. The Kier molecular flexibility index (Phi) is 6.42. The van der Waals surface area contributed by atoms with Gasteiger partial charge in [0.2, 0.25) is 0 Å². The van der Waals surface area contributed by atoms with Gasteiger partial charge in [-0.2, -0.15) is 0 Å². The number of nitrogens with zero attached hydrogens (tertiary/aromatic N) is 3. The summed E-state index contributed by atoms with van der Waals surface area (Å²) in [7, 11) is 0. The summed E-state index contributed by atoms with van der Waals surface area (Å²) in [4.78, 5) is 11.3. The lowest BCUT2D eigenvalue weighted by Gasteiger charge is -2.32. The van der Waals surface area contributed by atoms with Crippen LogP contribution < -0.4 is 10.6 Å². The van der Waals surface area contributed by atoms with Crippen LogP contribution in [0.5, 0.6) is 0 Å². The molecule has 6 aromatic rings. The normalized spacial score (nSPS) is 12.7. The van der Waals surface area contributed by atoms with Gasteiger partial charge in [-0.3, -0.25) is 4.90 Å². The lowest BCUT2D eigenvalue weighted by atomic mass is 9.89. The molecule has 5 aromatic carbocycles. The summed E-state index contributed by atoms with van der Waals surface area (Å²) < 4.78 is 0. The van der Waals surface area contributed by atoms with Gasteiger partial charge < -0.3 is 5.73 Å². The van der Waals surface area contributed by atoms with E-state index in [1.165, 1.54) is 5.56 Å². The van der Waals surface area contributed by atoms with Gasteiger partial charge in [0.25, 0.3) is 0 Å². The van der Waals surface area contributed by atoms with E-state index in [9.17, 15) is 0 Å². The van der Waals surface area contributed by atoms with E-state index < -0.39 is 0 Å². The number of benzene rings is 5. The van der Waals surface area contributed by atoms with Gasteiger partial charge in [-0.15, -0.1) is 0 Å². The topological polar surface area (TPSA) is 55.0 Å². The summed E-state index contributed by atoms with van der Waals surface area (Å²) in [5.41, 5.74) is 16.5. The van der Waals surface area contributed by atoms with Crippen LogP contribution in [0.25, 0.3) is 44.3 Å². The molecule has 0 saturated carbocycles. The Morgan fingerprint density at radius 1 is 0.690 bits per heavy atom.